The van der Waals surface area contributed by atoms with Crippen LogP contribution in [0.25, 0.3) is 0 Å². The molecule has 0 aliphatic carbocycles. The molecule has 2 nitrogen and oxygen atoms in total. The molecule has 1 N–H and O–H groups in total. The molecule has 2 rings (SSSR count). The predicted octanol–water partition coefficient (Wildman–Crippen LogP) is 2.51. The number of hydrogen-bond donors (Lipinski definition) is 1. The van der Waals surface area contributed by atoms with Crippen LogP contribution in [-0.2, 0) is 13.2 Å². The first-order valence-corrected chi connectivity index (χ1v) is 7.54. The number of rotatable bonds is 4. The van der Waals surface area contributed by atoms with Gasteiger partial charge in [-0.25, -0.2) is 0 Å². The summed E-state index contributed by atoms with van der Waals surface area (Å²) >= 11 is 2.00. The molecule has 1 fully saturated rings. The van der Waals surface area contributed by atoms with Crippen molar-refractivity contribution in [3.8, 4) is 0 Å². The number of nitrogens with zero attached hydrogens (tertiary/aromatic N) is 1. The zero-order valence-electron chi connectivity index (χ0n) is 10.4. The zero-order chi connectivity index (χ0) is 12.1. The molecule has 94 valence electrons. The minimum Gasteiger partial charge on any atom is -0.392 e. The van der Waals surface area contributed by atoms with Crippen LogP contribution in [-0.4, -0.2) is 34.6 Å². The average Bonchev–Trinajstić information content (AvgIpc) is 2.40. The molecular weight excluding hydrogens is 230 g/mol. The van der Waals surface area contributed by atoms with E-state index in [1.807, 2.05) is 23.9 Å². The molecule has 0 amide bonds. The first-order valence-electron chi connectivity index (χ1n) is 6.25. The fourth-order valence-corrected chi connectivity index (χ4v) is 2.99. The Balaban J connectivity index is 1.84. The van der Waals surface area contributed by atoms with Gasteiger partial charge in [0.25, 0.3) is 0 Å². The van der Waals surface area contributed by atoms with Gasteiger partial charge in [0.05, 0.1) is 6.61 Å². The predicted molar refractivity (Wildman–Crippen MR) is 74.2 cm³/mol. The molecule has 1 aromatic carbocycles. The summed E-state index contributed by atoms with van der Waals surface area (Å²) in [5.41, 5.74) is 2.35. The van der Waals surface area contributed by atoms with Gasteiger partial charge in [-0.15, -0.1) is 0 Å². The molecule has 1 aromatic rings. The number of benzene rings is 1. The highest BCUT2D eigenvalue weighted by atomic mass is 32.2. The summed E-state index contributed by atoms with van der Waals surface area (Å²) in [6.07, 6.45) is 4.85. The molecule has 0 atom stereocenters. The van der Waals surface area contributed by atoms with Crippen molar-refractivity contribution in [1.29, 1.82) is 0 Å². The van der Waals surface area contributed by atoms with Gasteiger partial charge in [0, 0.05) is 11.8 Å². The number of aliphatic hydroxyl groups is 1. The van der Waals surface area contributed by atoms with Gasteiger partial charge in [0.15, 0.2) is 0 Å². The van der Waals surface area contributed by atoms with E-state index in [1.165, 1.54) is 31.5 Å². The molecule has 1 heterocycles. The quantitative estimate of drug-likeness (QED) is 0.889. The number of piperidine rings is 1. The molecule has 1 aliphatic rings. The summed E-state index contributed by atoms with van der Waals surface area (Å²) in [4.78, 5) is 2.53. The topological polar surface area (TPSA) is 23.5 Å². The monoisotopic (exact) mass is 251 g/mol. The lowest BCUT2D eigenvalue weighted by Crippen LogP contribution is -2.34. The molecule has 0 radical (unpaired) electrons. The maximum absolute atomic E-state index is 8.99. The van der Waals surface area contributed by atoms with Crippen molar-refractivity contribution in [2.24, 2.45) is 0 Å². The van der Waals surface area contributed by atoms with Gasteiger partial charge in [-0.1, -0.05) is 24.3 Å². The summed E-state index contributed by atoms with van der Waals surface area (Å²) in [6.45, 7) is 3.62. The largest absolute Gasteiger partial charge is 0.392 e. The van der Waals surface area contributed by atoms with Crippen LogP contribution in [0.2, 0.25) is 0 Å². The molecule has 1 saturated heterocycles. The Morgan fingerprint density at radius 3 is 2.29 bits per heavy atom. The van der Waals surface area contributed by atoms with Gasteiger partial charge in [0.1, 0.15) is 0 Å². The second-order valence-corrected chi connectivity index (χ2v) is 5.82. The summed E-state index contributed by atoms with van der Waals surface area (Å²) < 4.78 is 0. The van der Waals surface area contributed by atoms with Gasteiger partial charge in [-0.3, -0.25) is 4.90 Å². The van der Waals surface area contributed by atoms with E-state index >= 15 is 0 Å². The van der Waals surface area contributed by atoms with Gasteiger partial charge in [0.2, 0.25) is 0 Å². The van der Waals surface area contributed by atoms with Gasteiger partial charge in [-0.05, 0) is 43.3 Å². The third kappa shape index (κ3) is 3.73. The average molecular weight is 251 g/mol. The van der Waals surface area contributed by atoms with E-state index in [9.17, 15) is 0 Å². The van der Waals surface area contributed by atoms with Crippen molar-refractivity contribution >= 4 is 11.8 Å². The van der Waals surface area contributed by atoms with Crippen LogP contribution in [0.3, 0.4) is 0 Å². The van der Waals surface area contributed by atoms with Gasteiger partial charge in [-0.2, -0.15) is 11.8 Å². The molecular formula is C14H21NOS. The SMILES string of the molecule is CSC1CCN(Cc2ccc(CO)cc2)CC1. The normalized spacial score (nSPS) is 18.5. The third-order valence-electron chi connectivity index (χ3n) is 3.48. The molecule has 0 spiro atoms. The molecule has 3 heteroatoms. The summed E-state index contributed by atoms with van der Waals surface area (Å²) in [5, 5.41) is 9.86. The second kappa shape index (κ2) is 6.43. The van der Waals surface area contributed by atoms with E-state index in [0.29, 0.717) is 0 Å². The molecule has 0 bridgehead atoms. The Bertz CT molecular complexity index is 331. The van der Waals surface area contributed by atoms with Crippen molar-refractivity contribution in [3.05, 3.63) is 35.4 Å². The Morgan fingerprint density at radius 1 is 1.18 bits per heavy atom. The first kappa shape index (κ1) is 12.9. The van der Waals surface area contributed by atoms with Crippen LogP contribution >= 0.6 is 11.8 Å². The molecule has 0 unspecified atom stereocenters. The maximum atomic E-state index is 8.99. The minimum atomic E-state index is 0.138. The highest BCUT2D eigenvalue weighted by Gasteiger charge is 2.17. The van der Waals surface area contributed by atoms with E-state index < -0.39 is 0 Å². The van der Waals surface area contributed by atoms with Crippen LogP contribution in [0, 0.1) is 0 Å². The summed E-state index contributed by atoms with van der Waals surface area (Å²) in [5.74, 6) is 0. The minimum absolute atomic E-state index is 0.138. The fraction of sp³-hybridized carbons (Fsp3) is 0.571. The Morgan fingerprint density at radius 2 is 1.76 bits per heavy atom. The van der Waals surface area contributed by atoms with E-state index in [0.717, 1.165) is 17.4 Å². The van der Waals surface area contributed by atoms with E-state index in [1.54, 1.807) is 0 Å². The summed E-state index contributed by atoms with van der Waals surface area (Å²) in [6, 6.07) is 8.30. The highest BCUT2D eigenvalue weighted by Crippen LogP contribution is 2.22. The van der Waals surface area contributed by atoms with E-state index in [-0.39, 0.29) is 6.61 Å². The van der Waals surface area contributed by atoms with E-state index in [2.05, 4.69) is 23.3 Å². The maximum Gasteiger partial charge on any atom is 0.0681 e. The van der Waals surface area contributed by atoms with Crippen molar-refractivity contribution in [3.63, 3.8) is 0 Å². The molecule has 1 aliphatic heterocycles. The fourth-order valence-electron chi connectivity index (χ4n) is 2.31. The van der Waals surface area contributed by atoms with Crippen molar-refractivity contribution in [2.75, 3.05) is 19.3 Å². The van der Waals surface area contributed by atoms with Crippen LogP contribution in [0.4, 0.5) is 0 Å². The molecule has 0 saturated carbocycles. The number of aliphatic hydroxyl groups excluding tert-OH is 1. The Hall–Kier alpha value is -0.510. The third-order valence-corrected chi connectivity index (χ3v) is 4.62. The van der Waals surface area contributed by atoms with Crippen molar-refractivity contribution in [2.45, 2.75) is 31.2 Å². The lowest BCUT2D eigenvalue weighted by atomic mass is 10.1. The Labute approximate surface area is 108 Å². The van der Waals surface area contributed by atoms with Crippen molar-refractivity contribution in [1.82, 2.24) is 4.90 Å². The first-order chi connectivity index (χ1) is 8.31. The van der Waals surface area contributed by atoms with Gasteiger partial charge < -0.3 is 5.11 Å². The number of hydrogen-bond acceptors (Lipinski definition) is 3. The Kier molecular flexibility index (Phi) is 4.89. The molecule has 0 aromatic heterocycles. The zero-order valence-corrected chi connectivity index (χ0v) is 11.2. The van der Waals surface area contributed by atoms with Crippen LogP contribution in [0.5, 0.6) is 0 Å². The number of thioether (sulfide) groups is 1. The lowest BCUT2D eigenvalue weighted by molar-refractivity contribution is 0.225. The molecule has 17 heavy (non-hydrogen) atoms. The summed E-state index contributed by atoms with van der Waals surface area (Å²) in [7, 11) is 0. The van der Waals surface area contributed by atoms with Crippen LogP contribution < -0.4 is 0 Å². The smallest absolute Gasteiger partial charge is 0.0681 e. The van der Waals surface area contributed by atoms with E-state index in [4.69, 9.17) is 5.11 Å². The standard InChI is InChI=1S/C14H21NOS/c1-17-14-6-8-15(9-7-14)10-12-2-4-13(11-16)5-3-12/h2-5,14,16H,6-11H2,1H3. The van der Waals surface area contributed by atoms with Gasteiger partial charge >= 0.3 is 0 Å². The lowest BCUT2D eigenvalue weighted by Gasteiger charge is -2.31. The van der Waals surface area contributed by atoms with Crippen LogP contribution in [0.15, 0.2) is 24.3 Å². The van der Waals surface area contributed by atoms with Crippen LogP contribution in [0.1, 0.15) is 24.0 Å². The number of likely N-dealkylation sites (tertiary alicyclic amines) is 1. The van der Waals surface area contributed by atoms with Crippen molar-refractivity contribution < 1.29 is 5.11 Å². The highest BCUT2D eigenvalue weighted by molar-refractivity contribution is 7.99. The second-order valence-electron chi connectivity index (χ2n) is 4.69.